The molecule has 0 fully saturated rings. The van der Waals surface area contributed by atoms with Gasteiger partial charge in [0.15, 0.2) is 58.1 Å². The molecular weight excluding hydrogens is 376 g/mol. The third-order valence-corrected chi connectivity index (χ3v) is 3.48. The van der Waals surface area contributed by atoms with Crippen LogP contribution in [0.25, 0.3) is 11.1 Å². The summed E-state index contributed by atoms with van der Waals surface area (Å²) in [6, 6.07) is 0. The summed E-state index contributed by atoms with van der Waals surface area (Å²) in [5.41, 5.74) is -7.56. The van der Waals surface area contributed by atoms with Crippen LogP contribution in [0.15, 0.2) is 0 Å². The molecule has 0 saturated carbocycles. The Kier molecular flexibility index (Phi) is 4.89. The second kappa shape index (κ2) is 6.50. The Labute approximate surface area is 140 Å². The van der Waals surface area contributed by atoms with Crippen molar-refractivity contribution in [1.29, 1.82) is 0 Å². The van der Waals surface area contributed by atoms with E-state index in [1.807, 2.05) is 0 Å². The molecule has 0 atom stereocenters. The van der Waals surface area contributed by atoms with Crippen LogP contribution in [0.5, 0.6) is 0 Å². The molecule has 0 amide bonds. The van der Waals surface area contributed by atoms with Crippen LogP contribution >= 0.6 is 0 Å². The maximum atomic E-state index is 14.1. The fraction of sp³-hybridized carbons (Fsp3) is 0.125. The van der Waals surface area contributed by atoms with Gasteiger partial charge in [0, 0.05) is 0 Å². The zero-order valence-corrected chi connectivity index (χ0v) is 12.8. The van der Waals surface area contributed by atoms with E-state index in [0.29, 0.717) is 13.8 Å². The number of rotatable bonds is 3. The highest BCUT2D eigenvalue weighted by Gasteiger charge is 2.35. The fourth-order valence-electron chi connectivity index (χ4n) is 2.32. The first-order valence-electron chi connectivity index (χ1n) is 6.67. The molecule has 2 nitrogen and oxygen atoms in total. The highest BCUT2D eigenvalue weighted by atomic mass is 19.2. The molecule has 0 N–H and O–H groups in total. The third-order valence-electron chi connectivity index (χ3n) is 3.48. The van der Waals surface area contributed by atoms with Crippen LogP contribution in [0, 0.1) is 46.5 Å². The molecule has 138 valence electrons. The Hall–Kier alpha value is -2.78. The van der Waals surface area contributed by atoms with E-state index in [1.165, 1.54) is 0 Å². The van der Waals surface area contributed by atoms with Crippen molar-refractivity contribution in [2.45, 2.75) is 13.8 Å². The Morgan fingerprint density at radius 3 is 0.808 bits per heavy atom. The minimum atomic E-state index is -2.44. The van der Waals surface area contributed by atoms with E-state index in [-0.39, 0.29) is 0 Å². The Bertz CT molecular complexity index is 844. The summed E-state index contributed by atoms with van der Waals surface area (Å²) in [6.07, 6.45) is 0. The van der Waals surface area contributed by atoms with Crippen LogP contribution < -0.4 is 0 Å². The molecule has 0 saturated heterocycles. The highest BCUT2D eigenvalue weighted by molar-refractivity contribution is 5.96. The molecule has 2 aromatic rings. The van der Waals surface area contributed by atoms with Gasteiger partial charge in [0.25, 0.3) is 0 Å². The molecule has 0 unspecified atom stereocenters. The van der Waals surface area contributed by atoms with Crippen molar-refractivity contribution < 1.29 is 44.7 Å². The molecule has 0 bridgehead atoms. The van der Waals surface area contributed by atoms with Gasteiger partial charge in [-0.3, -0.25) is 9.59 Å². The van der Waals surface area contributed by atoms with Crippen molar-refractivity contribution in [2.24, 2.45) is 0 Å². The Morgan fingerprint density at radius 1 is 0.462 bits per heavy atom. The van der Waals surface area contributed by atoms with E-state index in [2.05, 4.69) is 0 Å². The molecular formula is C16H6F8O2. The molecule has 26 heavy (non-hydrogen) atoms. The van der Waals surface area contributed by atoms with Gasteiger partial charge in [-0.2, -0.15) is 0 Å². The summed E-state index contributed by atoms with van der Waals surface area (Å²) in [4.78, 5) is 22.2. The lowest BCUT2D eigenvalue weighted by atomic mass is 9.96. The Balaban J connectivity index is 3.05. The maximum Gasteiger partial charge on any atom is 0.173 e. The lowest BCUT2D eigenvalue weighted by Gasteiger charge is -2.14. The number of Topliss-reactive ketones (excluding diaryl/α,β-unsaturated/α-hetero) is 2. The van der Waals surface area contributed by atoms with E-state index >= 15 is 0 Å². The first-order valence-corrected chi connectivity index (χ1v) is 6.67. The number of hydrogen-bond donors (Lipinski definition) is 0. The van der Waals surface area contributed by atoms with Crippen molar-refractivity contribution in [3.05, 3.63) is 57.7 Å². The van der Waals surface area contributed by atoms with E-state index < -0.39 is 80.4 Å². The maximum absolute atomic E-state index is 14.1. The molecule has 0 aliphatic heterocycles. The SMILES string of the molecule is CC(=O)c1c(F)c(F)c(-c2c(F)c(F)c(C(C)=O)c(F)c2F)c(F)c1F. The second-order valence-electron chi connectivity index (χ2n) is 5.12. The molecule has 0 aliphatic carbocycles. The van der Waals surface area contributed by atoms with Gasteiger partial charge in [0.1, 0.15) is 0 Å². The number of halogens is 8. The van der Waals surface area contributed by atoms with Gasteiger partial charge in [-0.1, -0.05) is 0 Å². The average Bonchev–Trinajstić information content (AvgIpc) is 2.54. The van der Waals surface area contributed by atoms with Gasteiger partial charge in [0.2, 0.25) is 0 Å². The molecule has 0 aromatic heterocycles. The van der Waals surface area contributed by atoms with Gasteiger partial charge < -0.3 is 0 Å². The fourth-order valence-corrected chi connectivity index (χ4v) is 2.32. The van der Waals surface area contributed by atoms with Crippen molar-refractivity contribution in [1.82, 2.24) is 0 Å². The van der Waals surface area contributed by atoms with Gasteiger partial charge in [-0.05, 0) is 13.8 Å². The van der Waals surface area contributed by atoms with Crippen LogP contribution in [-0.4, -0.2) is 11.6 Å². The van der Waals surface area contributed by atoms with Gasteiger partial charge in [-0.15, -0.1) is 0 Å². The second-order valence-corrected chi connectivity index (χ2v) is 5.12. The molecule has 2 rings (SSSR count). The number of carbonyl (C=O) groups excluding carboxylic acids is 2. The quantitative estimate of drug-likeness (QED) is 0.431. The van der Waals surface area contributed by atoms with E-state index in [1.54, 1.807) is 0 Å². The molecule has 0 spiro atoms. The van der Waals surface area contributed by atoms with Crippen molar-refractivity contribution >= 4 is 11.6 Å². The summed E-state index contributed by atoms with van der Waals surface area (Å²) < 4.78 is 111. The van der Waals surface area contributed by atoms with Crippen LogP contribution in [0.2, 0.25) is 0 Å². The molecule has 0 heterocycles. The predicted octanol–water partition coefficient (Wildman–Crippen LogP) is 4.87. The largest absolute Gasteiger partial charge is 0.294 e. The predicted molar refractivity (Wildman–Crippen MR) is 71.6 cm³/mol. The van der Waals surface area contributed by atoms with Crippen molar-refractivity contribution in [2.75, 3.05) is 0 Å². The minimum Gasteiger partial charge on any atom is -0.294 e. The van der Waals surface area contributed by atoms with Crippen LogP contribution in [0.4, 0.5) is 35.1 Å². The minimum absolute atomic E-state index is 0.558. The number of carbonyl (C=O) groups is 2. The summed E-state index contributed by atoms with van der Waals surface area (Å²) in [5.74, 6) is -21.9. The standard InChI is InChI=1S/C16H6F8O2/c1-3(25)5-9(17)13(21)7(14(22)10(5)18)8-15(23)11(19)6(4(2)26)12(20)16(8)24/h1-2H3. The molecule has 2 aromatic carbocycles. The van der Waals surface area contributed by atoms with Gasteiger partial charge in [0.05, 0.1) is 22.3 Å². The first kappa shape index (κ1) is 19.5. The normalized spacial score (nSPS) is 11.0. The smallest absolute Gasteiger partial charge is 0.173 e. The van der Waals surface area contributed by atoms with Crippen molar-refractivity contribution in [3.8, 4) is 11.1 Å². The van der Waals surface area contributed by atoms with Crippen LogP contribution in [0.3, 0.4) is 0 Å². The van der Waals surface area contributed by atoms with E-state index in [0.717, 1.165) is 0 Å². The first-order chi connectivity index (χ1) is 11.9. The zero-order valence-electron chi connectivity index (χ0n) is 12.8. The monoisotopic (exact) mass is 382 g/mol. The van der Waals surface area contributed by atoms with Gasteiger partial charge >= 0.3 is 0 Å². The number of hydrogen-bond acceptors (Lipinski definition) is 2. The van der Waals surface area contributed by atoms with E-state index in [4.69, 9.17) is 0 Å². The third kappa shape index (κ3) is 2.65. The molecule has 10 heteroatoms. The Morgan fingerprint density at radius 2 is 0.654 bits per heavy atom. The zero-order chi connectivity index (χ0) is 20.1. The molecule has 0 radical (unpaired) electrons. The summed E-state index contributed by atoms with van der Waals surface area (Å²) >= 11 is 0. The van der Waals surface area contributed by atoms with Crippen LogP contribution in [0.1, 0.15) is 34.6 Å². The average molecular weight is 382 g/mol. The topological polar surface area (TPSA) is 34.1 Å². The lowest BCUT2D eigenvalue weighted by molar-refractivity contribution is 0.0994. The van der Waals surface area contributed by atoms with Crippen molar-refractivity contribution in [3.63, 3.8) is 0 Å². The molecule has 0 aliphatic rings. The number of benzene rings is 2. The lowest BCUT2D eigenvalue weighted by Crippen LogP contribution is -2.14. The summed E-state index contributed by atoms with van der Waals surface area (Å²) in [7, 11) is 0. The van der Waals surface area contributed by atoms with Crippen LogP contribution in [-0.2, 0) is 0 Å². The summed E-state index contributed by atoms with van der Waals surface area (Å²) in [6.45, 7) is 1.12. The van der Waals surface area contributed by atoms with E-state index in [9.17, 15) is 44.7 Å². The van der Waals surface area contributed by atoms with Gasteiger partial charge in [-0.25, -0.2) is 35.1 Å². The number of ketones is 2. The summed E-state index contributed by atoms with van der Waals surface area (Å²) in [5, 5.41) is 0. The highest BCUT2D eigenvalue weighted by Crippen LogP contribution is 2.38.